The number of halogens is 1. The fourth-order valence-corrected chi connectivity index (χ4v) is 6.28. The molecule has 23 heavy (non-hydrogen) atoms. The Morgan fingerprint density at radius 2 is 0.957 bits per heavy atom. The molecule has 2 aliphatic heterocycles. The largest absolute Gasteiger partial charge is 0.228 e. The molecule has 0 aromatic heterocycles. The average Bonchev–Trinajstić information content (AvgIpc) is 2.38. The summed E-state index contributed by atoms with van der Waals surface area (Å²) in [6.45, 7) is 0. The third kappa shape index (κ3) is 4.43. The van der Waals surface area contributed by atoms with Gasteiger partial charge >= 0.3 is 0 Å². The number of hydrogen-bond acceptors (Lipinski definition) is 4. The summed E-state index contributed by atoms with van der Waals surface area (Å²) in [5.41, 5.74) is 2.53. The summed E-state index contributed by atoms with van der Waals surface area (Å²) in [4.78, 5) is 0. The van der Waals surface area contributed by atoms with Crippen molar-refractivity contribution in [3.05, 3.63) is 69.2 Å². The highest BCUT2D eigenvalue weighted by molar-refractivity contribution is 9.10. The van der Waals surface area contributed by atoms with Crippen molar-refractivity contribution in [1.29, 1.82) is 0 Å². The summed E-state index contributed by atoms with van der Waals surface area (Å²) in [6.07, 6.45) is 0. The molecule has 4 nitrogen and oxygen atoms in total. The van der Waals surface area contributed by atoms with Crippen molar-refractivity contribution >= 4 is 35.6 Å². The molecular weight excluding hydrogens is 400 g/mol. The van der Waals surface area contributed by atoms with Gasteiger partial charge in [0.05, 0.1) is 23.0 Å². The molecule has 0 amide bonds. The molecule has 0 unspecified atom stereocenters. The van der Waals surface area contributed by atoms with Crippen LogP contribution in [-0.4, -0.2) is 16.8 Å². The average molecular weight is 415 g/mol. The van der Waals surface area contributed by atoms with Gasteiger partial charge in [0.1, 0.15) is 0 Å². The number of fused-ring (bicyclic) bond motifs is 6. The minimum Gasteiger partial charge on any atom is -0.228 e. The highest BCUT2D eigenvalue weighted by atomic mass is 79.9. The lowest BCUT2D eigenvalue weighted by molar-refractivity contribution is 0.593. The quantitative estimate of drug-likeness (QED) is 0.664. The van der Waals surface area contributed by atoms with Crippen LogP contribution in [0, 0.1) is 0 Å². The van der Waals surface area contributed by atoms with Gasteiger partial charge < -0.3 is 0 Å². The summed E-state index contributed by atoms with van der Waals surface area (Å²) in [6, 6.07) is 11.8. The predicted octanol–water partition coefficient (Wildman–Crippen LogP) is 2.99. The maximum Gasteiger partial charge on any atom is 0.158 e. The zero-order chi connectivity index (χ0) is 16.7. The predicted molar refractivity (Wildman–Crippen MR) is 93.2 cm³/mol. The Labute approximate surface area is 144 Å². The smallest absolute Gasteiger partial charge is 0.158 e. The minimum absolute atomic E-state index is 0.0537. The monoisotopic (exact) mass is 414 g/mol. The van der Waals surface area contributed by atoms with E-state index >= 15 is 0 Å². The van der Waals surface area contributed by atoms with Crippen LogP contribution in [0.1, 0.15) is 22.3 Å². The van der Waals surface area contributed by atoms with E-state index in [2.05, 4.69) is 15.9 Å². The maximum atomic E-state index is 12.4. The first-order valence-corrected chi connectivity index (χ1v) is 11.4. The summed E-state index contributed by atoms with van der Waals surface area (Å²) in [5.74, 6) is -0.327. The van der Waals surface area contributed by atoms with E-state index in [0.717, 1.165) is 0 Å². The molecule has 2 heterocycles. The van der Waals surface area contributed by atoms with Crippen molar-refractivity contribution in [2.24, 2.45) is 0 Å². The van der Waals surface area contributed by atoms with Gasteiger partial charge in [-0.25, -0.2) is 16.8 Å². The normalized spacial score (nSPS) is 19.3. The highest BCUT2D eigenvalue weighted by Gasteiger charge is 2.19. The molecule has 0 saturated heterocycles. The molecule has 0 saturated carbocycles. The van der Waals surface area contributed by atoms with Gasteiger partial charge in [-0.2, -0.15) is 0 Å². The van der Waals surface area contributed by atoms with Crippen molar-refractivity contribution in [3.63, 3.8) is 0 Å². The molecule has 2 aromatic carbocycles. The van der Waals surface area contributed by atoms with E-state index in [9.17, 15) is 16.8 Å². The first-order chi connectivity index (χ1) is 10.7. The molecule has 7 heteroatoms. The third-order valence-electron chi connectivity index (χ3n) is 3.59. The number of sulfone groups is 2. The van der Waals surface area contributed by atoms with E-state index in [-0.39, 0.29) is 23.0 Å². The summed E-state index contributed by atoms with van der Waals surface area (Å²) in [5, 5.41) is 0. The van der Waals surface area contributed by atoms with Crippen molar-refractivity contribution in [1.82, 2.24) is 0 Å². The first kappa shape index (κ1) is 16.7. The van der Waals surface area contributed by atoms with E-state index in [4.69, 9.17) is 0 Å². The van der Waals surface area contributed by atoms with Gasteiger partial charge in [0.2, 0.25) is 0 Å². The zero-order valence-corrected chi connectivity index (χ0v) is 15.4. The second-order valence-corrected chi connectivity index (χ2v) is 10.9. The summed E-state index contributed by atoms with van der Waals surface area (Å²) < 4.78 is 50.2. The Hall–Kier alpha value is -1.18. The van der Waals surface area contributed by atoms with Crippen LogP contribution >= 0.6 is 15.9 Å². The van der Waals surface area contributed by atoms with E-state index in [1.54, 1.807) is 42.5 Å². The van der Waals surface area contributed by atoms with Gasteiger partial charge in [-0.15, -0.1) is 0 Å². The van der Waals surface area contributed by atoms with Crippen LogP contribution in [0.2, 0.25) is 0 Å². The molecule has 2 aromatic rings. The number of benzene rings is 2. The Balaban J connectivity index is 2.13. The fourth-order valence-electron chi connectivity index (χ4n) is 2.73. The minimum atomic E-state index is -3.32. The van der Waals surface area contributed by atoms with Gasteiger partial charge in [0, 0.05) is 4.47 Å². The molecular formula is C16H15BrO4S2. The fraction of sp³-hybridized carbons (Fsp3) is 0.250. The van der Waals surface area contributed by atoms with Crippen molar-refractivity contribution < 1.29 is 16.8 Å². The van der Waals surface area contributed by atoms with Crippen LogP contribution in [-0.2, 0) is 42.7 Å². The molecule has 4 rings (SSSR count). The molecule has 0 N–H and O–H groups in total. The molecule has 0 radical (unpaired) electrons. The maximum absolute atomic E-state index is 12.4. The molecule has 2 aliphatic rings. The number of hydrogen-bond donors (Lipinski definition) is 0. The van der Waals surface area contributed by atoms with Gasteiger partial charge in [0.25, 0.3) is 0 Å². The summed E-state index contributed by atoms with van der Waals surface area (Å²) in [7, 11) is -6.64. The van der Waals surface area contributed by atoms with E-state index < -0.39 is 19.7 Å². The third-order valence-corrected chi connectivity index (χ3v) is 7.14. The van der Waals surface area contributed by atoms with Crippen LogP contribution in [0.15, 0.2) is 46.9 Å². The number of rotatable bonds is 0. The van der Waals surface area contributed by atoms with E-state index in [0.29, 0.717) is 26.7 Å². The van der Waals surface area contributed by atoms with Gasteiger partial charge in [0.15, 0.2) is 19.7 Å². The summed E-state index contributed by atoms with van der Waals surface area (Å²) >= 11 is 3.33. The molecule has 0 spiro atoms. The van der Waals surface area contributed by atoms with Crippen LogP contribution in [0.3, 0.4) is 0 Å². The topological polar surface area (TPSA) is 68.3 Å². The molecule has 0 fully saturated rings. The Bertz CT molecular complexity index is 871. The van der Waals surface area contributed by atoms with Crippen LogP contribution < -0.4 is 0 Å². The Morgan fingerprint density at radius 1 is 0.609 bits per heavy atom. The molecule has 0 atom stereocenters. The van der Waals surface area contributed by atoms with Crippen molar-refractivity contribution in [2.75, 3.05) is 0 Å². The lowest BCUT2D eigenvalue weighted by atomic mass is 10.2. The van der Waals surface area contributed by atoms with E-state index in [1.165, 1.54) is 0 Å². The van der Waals surface area contributed by atoms with Crippen LogP contribution in [0.5, 0.6) is 0 Å². The van der Waals surface area contributed by atoms with Crippen LogP contribution in [0.4, 0.5) is 0 Å². The lowest BCUT2D eigenvalue weighted by Gasteiger charge is -2.08. The SMILES string of the molecule is O=S1(=O)Cc2ccc(cc2)CS(=O)(=O)Cc2cc(Br)cc(c2)C1. The van der Waals surface area contributed by atoms with Gasteiger partial charge in [-0.1, -0.05) is 46.3 Å². The molecule has 4 bridgehead atoms. The van der Waals surface area contributed by atoms with Crippen molar-refractivity contribution in [2.45, 2.75) is 23.0 Å². The lowest BCUT2D eigenvalue weighted by Crippen LogP contribution is -2.08. The Kier molecular flexibility index (Phi) is 4.37. The molecule has 122 valence electrons. The molecule has 0 aliphatic carbocycles. The second kappa shape index (κ2) is 6.03. The van der Waals surface area contributed by atoms with Crippen LogP contribution in [0.25, 0.3) is 0 Å². The van der Waals surface area contributed by atoms with E-state index in [1.807, 2.05) is 0 Å². The Morgan fingerprint density at radius 3 is 1.35 bits per heavy atom. The zero-order valence-electron chi connectivity index (χ0n) is 12.2. The van der Waals surface area contributed by atoms with Gasteiger partial charge in [-0.05, 0) is 34.4 Å². The highest BCUT2D eigenvalue weighted by Crippen LogP contribution is 2.23. The second-order valence-electron chi connectivity index (χ2n) is 5.85. The van der Waals surface area contributed by atoms with Crippen molar-refractivity contribution in [3.8, 4) is 0 Å². The standard InChI is InChI=1S/C16H15BrO4S2/c17-16-6-14-5-15(7-16)11-23(20,21)9-13-2-1-12(3-4-13)8-22(18,19)10-14/h1-7H,8-11H2. The first-order valence-electron chi connectivity index (χ1n) is 6.98. The van der Waals surface area contributed by atoms with Gasteiger partial charge in [-0.3, -0.25) is 0 Å².